The van der Waals surface area contributed by atoms with Crippen molar-refractivity contribution in [3.63, 3.8) is 0 Å². The molecule has 0 bridgehead atoms. The summed E-state index contributed by atoms with van der Waals surface area (Å²) in [4.78, 5) is 23.5. The van der Waals surface area contributed by atoms with Crippen LogP contribution in [-0.4, -0.2) is 50.0 Å². The van der Waals surface area contributed by atoms with Crippen LogP contribution in [0.2, 0.25) is 0 Å². The molecule has 1 aliphatic heterocycles. The fourth-order valence-electron chi connectivity index (χ4n) is 3.26. The van der Waals surface area contributed by atoms with Gasteiger partial charge in [0.15, 0.2) is 5.82 Å². The molecule has 1 aliphatic rings. The molecule has 1 fully saturated rings. The van der Waals surface area contributed by atoms with E-state index in [-0.39, 0.29) is 12.0 Å². The van der Waals surface area contributed by atoms with Crippen LogP contribution in [0.1, 0.15) is 22.3 Å². The van der Waals surface area contributed by atoms with E-state index in [1.165, 1.54) is 0 Å². The minimum Gasteiger partial charge on any atom is -0.391 e. The Morgan fingerprint density at radius 1 is 1.36 bits per heavy atom. The SMILES string of the molecule is Cn1cc(CNC(=O)c2cccc(-c3nccc(N4CCC(O)C4)n3)c2)cn1. The molecule has 1 aromatic carbocycles. The summed E-state index contributed by atoms with van der Waals surface area (Å²) in [5, 5.41) is 16.7. The van der Waals surface area contributed by atoms with E-state index in [9.17, 15) is 9.90 Å². The molecule has 0 radical (unpaired) electrons. The van der Waals surface area contributed by atoms with Gasteiger partial charge in [-0.2, -0.15) is 5.10 Å². The van der Waals surface area contributed by atoms with Crippen LogP contribution in [0.3, 0.4) is 0 Å². The van der Waals surface area contributed by atoms with Crippen molar-refractivity contribution in [1.82, 2.24) is 25.1 Å². The van der Waals surface area contributed by atoms with Gasteiger partial charge >= 0.3 is 0 Å². The van der Waals surface area contributed by atoms with E-state index in [0.29, 0.717) is 24.5 Å². The van der Waals surface area contributed by atoms with Gasteiger partial charge in [-0.05, 0) is 24.6 Å². The van der Waals surface area contributed by atoms with Gasteiger partial charge in [-0.3, -0.25) is 9.48 Å². The Hall–Kier alpha value is -3.26. The number of aliphatic hydroxyl groups excluding tert-OH is 1. The van der Waals surface area contributed by atoms with Crippen LogP contribution in [0.15, 0.2) is 48.9 Å². The van der Waals surface area contributed by atoms with Crippen molar-refractivity contribution in [3.05, 3.63) is 60.0 Å². The minimum absolute atomic E-state index is 0.162. The molecular weight excluding hydrogens is 356 g/mol. The van der Waals surface area contributed by atoms with Gasteiger partial charge in [-0.25, -0.2) is 9.97 Å². The maximum absolute atomic E-state index is 12.5. The van der Waals surface area contributed by atoms with E-state index in [2.05, 4.69) is 20.4 Å². The molecule has 0 saturated carbocycles. The number of aryl methyl sites for hydroxylation is 1. The third-order valence-corrected chi connectivity index (χ3v) is 4.72. The van der Waals surface area contributed by atoms with Crippen LogP contribution in [0.4, 0.5) is 5.82 Å². The Bertz CT molecular complexity index is 986. The van der Waals surface area contributed by atoms with Gasteiger partial charge in [0.05, 0.1) is 12.3 Å². The molecule has 8 nitrogen and oxygen atoms in total. The van der Waals surface area contributed by atoms with E-state index in [0.717, 1.165) is 29.9 Å². The lowest BCUT2D eigenvalue weighted by atomic mass is 10.1. The summed E-state index contributed by atoms with van der Waals surface area (Å²) in [5.41, 5.74) is 2.26. The van der Waals surface area contributed by atoms with Crippen LogP contribution in [0, 0.1) is 0 Å². The smallest absolute Gasteiger partial charge is 0.251 e. The van der Waals surface area contributed by atoms with E-state index < -0.39 is 0 Å². The van der Waals surface area contributed by atoms with Crippen LogP contribution in [0.5, 0.6) is 0 Å². The number of β-amino-alcohol motifs (C(OH)–C–C–N with tert-alkyl or cyclic N) is 1. The highest BCUT2D eigenvalue weighted by Crippen LogP contribution is 2.22. The van der Waals surface area contributed by atoms with Gasteiger partial charge in [0.1, 0.15) is 5.82 Å². The second kappa shape index (κ2) is 7.77. The number of anilines is 1. The number of nitrogens with one attached hydrogen (secondary N) is 1. The second-order valence-electron chi connectivity index (χ2n) is 6.91. The summed E-state index contributed by atoms with van der Waals surface area (Å²) in [6.45, 7) is 1.77. The van der Waals surface area contributed by atoms with Gasteiger partial charge in [0.2, 0.25) is 0 Å². The maximum Gasteiger partial charge on any atom is 0.251 e. The Morgan fingerprint density at radius 3 is 3.00 bits per heavy atom. The van der Waals surface area contributed by atoms with E-state index in [4.69, 9.17) is 0 Å². The van der Waals surface area contributed by atoms with Crippen molar-refractivity contribution in [1.29, 1.82) is 0 Å². The first kappa shape index (κ1) is 18.1. The zero-order valence-corrected chi connectivity index (χ0v) is 15.6. The number of aromatic nitrogens is 4. The van der Waals surface area contributed by atoms with Crippen molar-refractivity contribution in [2.24, 2.45) is 7.05 Å². The molecule has 144 valence electrons. The van der Waals surface area contributed by atoms with Gasteiger partial charge in [0, 0.05) is 55.8 Å². The van der Waals surface area contributed by atoms with Gasteiger partial charge in [0.25, 0.3) is 5.91 Å². The zero-order chi connectivity index (χ0) is 19.5. The summed E-state index contributed by atoms with van der Waals surface area (Å²) < 4.78 is 1.70. The number of carbonyl (C=O) groups excluding carboxylic acids is 1. The van der Waals surface area contributed by atoms with Gasteiger partial charge in [-0.15, -0.1) is 0 Å². The fourth-order valence-corrected chi connectivity index (χ4v) is 3.26. The second-order valence-corrected chi connectivity index (χ2v) is 6.91. The van der Waals surface area contributed by atoms with Crippen molar-refractivity contribution < 1.29 is 9.90 Å². The molecule has 0 spiro atoms. The van der Waals surface area contributed by atoms with Crippen molar-refractivity contribution in [3.8, 4) is 11.4 Å². The molecule has 8 heteroatoms. The molecule has 2 N–H and O–H groups in total. The number of hydrogen-bond donors (Lipinski definition) is 2. The summed E-state index contributed by atoms with van der Waals surface area (Å²) >= 11 is 0. The third-order valence-electron chi connectivity index (χ3n) is 4.72. The minimum atomic E-state index is -0.315. The van der Waals surface area contributed by atoms with Crippen molar-refractivity contribution in [2.45, 2.75) is 19.1 Å². The average molecular weight is 378 g/mol. The Balaban J connectivity index is 1.49. The van der Waals surface area contributed by atoms with E-state index in [1.807, 2.05) is 36.3 Å². The van der Waals surface area contributed by atoms with Crippen LogP contribution in [-0.2, 0) is 13.6 Å². The number of nitrogens with zero attached hydrogens (tertiary/aromatic N) is 5. The highest BCUT2D eigenvalue weighted by atomic mass is 16.3. The Morgan fingerprint density at radius 2 is 2.25 bits per heavy atom. The molecule has 3 heterocycles. The largest absolute Gasteiger partial charge is 0.391 e. The van der Waals surface area contributed by atoms with Crippen LogP contribution >= 0.6 is 0 Å². The number of hydrogen-bond acceptors (Lipinski definition) is 6. The summed E-state index contributed by atoms with van der Waals surface area (Å²) in [7, 11) is 1.84. The number of carbonyl (C=O) groups is 1. The zero-order valence-electron chi connectivity index (χ0n) is 15.6. The topological polar surface area (TPSA) is 96.2 Å². The molecule has 2 aromatic heterocycles. The Labute approximate surface area is 162 Å². The summed E-state index contributed by atoms with van der Waals surface area (Å²) in [6, 6.07) is 9.10. The first-order valence-electron chi connectivity index (χ1n) is 9.21. The van der Waals surface area contributed by atoms with Crippen LogP contribution in [0.25, 0.3) is 11.4 Å². The molecule has 0 aliphatic carbocycles. The lowest BCUT2D eigenvalue weighted by Gasteiger charge is -2.16. The number of aliphatic hydroxyl groups is 1. The molecule has 4 rings (SSSR count). The quantitative estimate of drug-likeness (QED) is 0.696. The molecule has 1 amide bonds. The lowest BCUT2D eigenvalue weighted by Crippen LogP contribution is -2.23. The highest BCUT2D eigenvalue weighted by molar-refractivity contribution is 5.95. The molecule has 3 aromatic rings. The molecule has 1 atom stereocenters. The fraction of sp³-hybridized carbons (Fsp3) is 0.300. The molecule has 1 unspecified atom stereocenters. The third kappa shape index (κ3) is 4.01. The van der Waals surface area contributed by atoms with Crippen LogP contribution < -0.4 is 10.2 Å². The van der Waals surface area contributed by atoms with Crippen molar-refractivity contribution in [2.75, 3.05) is 18.0 Å². The monoisotopic (exact) mass is 378 g/mol. The summed E-state index contributed by atoms with van der Waals surface area (Å²) in [5.74, 6) is 1.18. The number of amides is 1. The van der Waals surface area contributed by atoms with Crippen molar-refractivity contribution >= 4 is 11.7 Å². The maximum atomic E-state index is 12.5. The first-order valence-corrected chi connectivity index (χ1v) is 9.21. The van der Waals surface area contributed by atoms with Gasteiger partial charge in [-0.1, -0.05) is 12.1 Å². The highest BCUT2D eigenvalue weighted by Gasteiger charge is 2.21. The number of rotatable bonds is 5. The van der Waals surface area contributed by atoms with E-state index >= 15 is 0 Å². The first-order chi connectivity index (χ1) is 13.6. The average Bonchev–Trinajstić information content (AvgIpc) is 3.34. The predicted octanol–water partition coefficient (Wildman–Crippen LogP) is 1.38. The standard InChI is InChI=1S/C20H22N6O2/c1-25-12-14(11-23-25)10-22-20(28)16-4-2-3-15(9-16)19-21-7-5-18(24-19)26-8-6-17(27)13-26/h2-5,7,9,11-12,17,27H,6,8,10,13H2,1H3,(H,22,28). The summed E-state index contributed by atoms with van der Waals surface area (Å²) in [6.07, 6.45) is 5.73. The molecule has 28 heavy (non-hydrogen) atoms. The normalized spacial score (nSPS) is 16.4. The lowest BCUT2D eigenvalue weighted by molar-refractivity contribution is 0.0951. The molecule has 1 saturated heterocycles. The number of benzene rings is 1. The van der Waals surface area contributed by atoms with Gasteiger partial charge < -0.3 is 15.3 Å². The molecular formula is C20H22N6O2. The Kier molecular flexibility index (Phi) is 5.03. The predicted molar refractivity (Wildman–Crippen MR) is 105 cm³/mol. The van der Waals surface area contributed by atoms with E-state index in [1.54, 1.807) is 29.2 Å².